The van der Waals surface area contributed by atoms with Crippen LogP contribution in [-0.2, 0) is 0 Å². The minimum absolute atomic E-state index is 0.214. The predicted molar refractivity (Wildman–Crippen MR) is 63.1 cm³/mol. The second kappa shape index (κ2) is 5.02. The summed E-state index contributed by atoms with van der Waals surface area (Å²) in [5.74, 6) is -1.22. The molecule has 2 N–H and O–H groups in total. The molecule has 10 heteroatoms. The van der Waals surface area contributed by atoms with Crippen LogP contribution in [0.15, 0.2) is 22.3 Å². The fourth-order valence-electron chi connectivity index (χ4n) is 1.25. The van der Waals surface area contributed by atoms with Gasteiger partial charge >= 0.3 is 11.8 Å². The largest absolute Gasteiger partial charge is 0.478 e. The Balaban J connectivity index is 2.39. The van der Waals surface area contributed by atoms with E-state index in [-0.39, 0.29) is 10.5 Å². The summed E-state index contributed by atoms with van der Waals surface area (Å²) in [6, 6.07) is 0.907. The Hall–Kier alpha value is -2.49. The number of rotatable bonds is 4. The first kappa shape index (κ1) is 13.0. The quantitative estimate of drug-likeness (QED) is 0.631. The van der Waals surface area contributed by atoms with Gasteiger partial charge in [-0.25, -0.2) is 9.78 Å². The second-order valence-corrected chi connectivity index (χ2v) is 4.42. The lowest BCUT2D eigenvalue weighted by atomic mass is 10.2. The van der Waals surface area contributed by atoms with Gasteiger partial charge in [0.15, 0.2) is 6.20 Å². The van der Waals surface area contributed by atoms with E-state index in [1.807, 2.05) is 0 Å². The third kappa shape index (κ3) is 2.85. The molecule has 19 heavy (non-hydrogen) atoms. The van der Waals surface area contributed by atoms with Gasteiger partial charge in [-0.2, -0.15) is 0 Å². The van der Waals surface area contributed by atoms with Gasteiger partial charge < -0.3 is 15.2 Å². The van der Waals surface area contributed by atoms with E-state index in [2.05, 4.69) is 20.2 Å². The highest BCUT2D eigenvalue weighted by atomic mass is 32.2. The van der Waals surface area contributed by atoms with Crippen molar-refractivity contribution in [1.29, 1.82) is 0 Å². The standard InChI is InChI=1S/C9H7N5O4S/c1-4-11-9(13-12-4)19-6-3-10-7(14(17)18)2-5(6)8(15)16/h2-3H,1H3,(H,15,16)(H,11,12,13). The van der Waals surface area contributed by atoms with E-state index < -0.39 is 16.7 Å². The second-order valence-electron chi connectivity index (χ2n) is 3.41. The number of aryl methyl sites for hydroxylation is 1. The summed E-state index contributed by atoms with van der Waals surface area (Å²) in [7, 11) is 0. The van der Waals surface area contributed by atoms with Crippen LogP contribution in [0.25, 0.3) is 0 Å². The zero-order valence-corrected chi connectivity index (χ0v) is 10.3. The Morgan fingerprint density at radius 3 is 2.84 bits per heavy atom. The minimum atomic E-state index is -1.28. The predicted octanol–water partition coefficient (Wildman–Crippen LogP) is 1.27. The van der Waals surface area contributed by atoms with Gasteiger partial charge in [0.05, 0.1) is 16.5 Å². The van der Waals surface area contributed by atoms with Crippen LogP contribution in [0.1, 0.15) is 16.2 Å². The SMILES string of the molecule is Cc1nc(Sc2cnc([N+](=O)[O-])cc2C(=O)O)n[nH]1. The maximum atomic E-state index is 11.1. The molecule has 0 spiro atoms. The van der Waals surface area contributed by atoms with E-state index in [0.29, 0.717) is 11.0 Å². The number of aromatic amines is 1. The summed E-state index contributed by atoms with van der Waals surface area (Å²) in [6.45, 7) is 1.70. The topological polar surface area (TPSA) is 135 Å². The molecule has 0 atom stereocenters. The molecule has 0 saturated carbocycles. The maximum Gasteiger partial charge on any atom is 0.364 e. The van der Waals surface area contributed by atoms with Crippen LogP contribution >= 0.6 is 11.8 Å². The first-order valence-corrected chi connectivity index (χ1v) is 5.73. The number of aromatic nitrogens is 4. The molecule has 0 aliphatic rings. The minimum Gasteiger partial charge on any atom is -0.478 e. The fourth-order valence-corrected chi connectivity index (χ4v) is 2.08. The van der Waals surface area contributed by atoms with Crippen LogP contribution < -0.4 is 0 Å². The van der Waals surface area contributed by atoms with Crippen LogP contribution in [0.4, 0.5) is 5.82 Å². The van der Waals surface area contributed by atoms with Gasteiger partial charge in [-0.05, 0) is 28.6 Å². The number of H-pyrrole nitrogens is 1. The summed E-state index contributed by atoms with van der Waals surface area (Å²) in [5.41, 5.74) is -0.214. The molecule has 0 unspecified atom stereocenters. The summed E-state index contributed by atoms with van der Waals surface area (Å²) >= 11 is 0.964. The van der Waals surface area contributed by atoms with Crippen LogP contribution in [-0.4, -0.2) is 36.2 Å². The summed E-state index contributed by atoms with van der Waals surface area (Å²) in [5, 5.41) is 26.4. The van der Waals surface area contributed by atoms with Crippen molar-refractivity contribution < 1.29 is 14.8 Å². The number of hydrogen-bond donors (Lipinski definition) is 2. The molecule has 0 aromatic carbocycles. The number of pyridine rings is 1. The average molecular weight is 281 g/mol. The molecular formula is C9H7N5O4S. The van der Waals surface area contributed by atoms with Crippen molar-refractivity contribution in [3.05, 3.63) is 33.8 Å². The molecule has 0 bridgehead atoms. The number of nitrogens with zero attached hydrogens (tertiary/aromatic N) is 4. The van der Waals surface area contributed by atoms with Gasteiger partial charge in [0, 0.05) is 0 Å². The zero-order valence-electron chi connectivity index (χ0n) is 9.52. The molecule has 0 aliphatic carbocycles. The number of carboxylic acid groups (broad SMARTS) is 1. The van der Waals surface area contributed by atoms with Crippen molar-refractivity contribution in [3.63, 3.8) is 0 Å². The first-order valence-electron chi connectivity index (χ1n) is 4.92. The molecule has 0 saturated heterocycles. The van der Waals surface area contributed by atoms with Crippen LogP contribution in [0, 0.1) is 17.0 Å². The van der Waals surface area contributed by atoms with Crippen LogP contribution in [0.2, 0.25) is 0 Å². The molecule has 2 rings (SSSR count). The molecular weight excluding hydrogens is 274 g/mol. The smallest absolute Gasteiger partial charge is 0.364 e. The van der Waals surface area contributed by atoms with E-state index >= 15 is 0 Å². The summed E-state index contributed by atoms with van der Waals surface area (Å²) in [4.78, 5) is 28.7. The molecule has 98 valence electrons. The summed E-state index contributed by atoms with van der Waals surface area (Å²) in [6.07, 6.45) is 1.12. The van der Waals surface area contributed by atoms with E-state index in [1.54, 1.807) is 6.92 Å². The van der Waals surface area contributed by atoms with Gasteiger partial charge in [0.2, 0.25) is 5.16 Å². The third-order valence-electron chi connectivity index (χ3n) is 2.05. The van der Waals surface area contributed by atoms with E-state index in [9.17, 15) is 14.9 Å². The fraction of sp³-hybridized carbons (Fsp3) is 0.111. The van der Waals surface area contributed by atoms with E-state index in [0.717, 1.165) is 24.0 Å². The molecule has 2 aromatic rings. The number of carboxylic acids is 1. The number of carbonyl (C=O) groups is 1. The van der Waals surface area contributed by atoms with Crippen molar-refractivity contribution in [3.8, 4) is 0 Å². The molecule has 0 aliphatic heterocycles. The van der Waals surface area contributed by atoms with Gasteiger partial charge in [-0.3, -0.25) is 5.10 Å². The highest BCUT2D eigenvalue weighted by Gasteiger charge is 2.20. The Morgan fingerprint density at radius 2 is 2.32 bits per heavy atom. The first-order chi connectivity index (χ1) is 8.97. The monoisotopic (exact) mass is 281 g/mol. The molecule has 0 fully saturated rings. The van der Waals surface area contributed by atoms with E-state index in [1.165, 1.54) is 0 Å². The number of nitro groups is 1. The van der Waals surface area contributed by atoms with Gasteiger partial charge in [-0.15, -0.1) is 5.10 Å². The maximum absolute atomic E-state index is 11.1. The zero-order chi connectivity index (χ0) is 14.0. The number of hydrogen-bond acceptors (Lipinski definition) is 7. The number of aromatic carboxylic acids is 1. The van der Waals surface area contributed by atoms with Crippen molar-refractivity contribution >= 4 is 23.5 Å². The average Bonchev–Trinajstić information content (AvgIpc) is 2.74. The highest BCUT2D eigenvalue weighted by Crippen LogP contribution is 2.29. The molecule has 2 heterocycles. The van der Waals surface area contributed by atoms with Crippen molar-refractivity contribution in [2.24, 2.45) is 0 Å². The molecule has 9 nitrogen and oxygen atoms in total. The molecule has 0 radical (unpaired) electrons. The third-order valence-corrected chi connectivity index (χ3v) is 2.96. The lowest BCUT2D eigenvalue weighted by molar-refractivity contribution is -0.389. The Morgan fingerprint density at radius 1 is 1.58 bits per heavy atom. The van der Waals surface area contributed by atoms with Crippen LogP contribution in [0.5, 0.6) is 0 Å². The van der Waals surface area contributed by atoms with Gasteiger partial charge in [-0.1, -0.05) is 0 Å². The van der Waals surface area contributed by atoms with Crippen molar-refractivity contribution in [2.75, 3.05) is 0 Å². The lowest BCUT2D eigenvalue weighted by Gasteiger charge is -2.00. The van der Waals surface area contributed by atoms with Crippen molar-refractivity contribution in [2.45, 2.75) is 17.0 Å². The van der Waals surface area contributed by atoms with E-state index in [4.69, 9.17) is 5.11 Å². The normalized spacial score (nSPS) is 10.4. The van der Waals surface area contributed by atoms with Gasteiger partial charge in [0.25, 0.3) is 0 Å². The van der Waals surface area contributed by atoms with Crippen molar-refractivity contribution in [1.82, 2.24) is 20.2 Å². The summed E-state index contributed by atoms with van der Waals surface area (Å²) < 4.78 is 0. The Bertz CT molecular complexity index is 656. The Labute approximate surface area is 110 Å². The molecule has 0 amide bonds. The lowest BCUT2D eigenvalue weighted by Crippen LogP contribution is -2.02. The number of nitrogens with one attached hydrogen (secondary N) is 1. The molecule has 2 aromatic heterocycles. The Kier molecular flexibility index (Phi) is 3.42. The van der Waals surface area contributed by atoms with Crippen LogP contribution in [0.3, 0.4) is 0 Å². The van der Waals surface area contributed by atoms with Gasteiger partial charge in [0.1, 0.15) is 5.82 Å². The highest BCUT2D eigenvalue weighted by molar-refractivity contribution is 7.99.